The molecule has 2 N–H and O–H groups in total. The first-order valence-corrected chi connectivity index (χ1v) is 12.7. The molecule has 0 saturated heterocycles. The van der Waals surface area contributed by atoms with Gasteiger partial charge in [0.2, 0.25) is 0 Å². The van der Waals surface area contributed by atoms with Crippen LogP contribution in [0.4, 0.5) is 0 Å². The molecule has 0 aromatic heterocycles. The van der Waals surface area contributed by atoms with Crippen LogP contribution in [0.15, 0.2) is 66.7 Å². The molecule has 1 aliphatic heterocycles. The van der Waals surface area contributed by atoms with Gasteiger partial charge in [-0.15, -0.1) is 0 Å². The van der Waals surface area contributed by atoms with Crippen LogP contribution in [0.25, 0.3) is 0 Å². The number of rotatable bonds is 5. The molecule has 4 aromatic rings. The molecular weight excluding hydrogens is 460 g/mol. The minimum Gasteiger partial charge on any atom is -0.507 e. The van der Waals surface area contributed by atoms with E-state index in [0.29, 0.717) is 24.0 Å². The van der Waals surface area contributed by atoms with Crippen LogP contribution in [-0.2, 0) is 12.8 Å². The third kappa shape index (κ3) is 4.72. The van der Waals surface area contributed by atoms with Gasteiger partial charge < -0.3 is 14.9 Å². The van der Waals surface area contributed by atoms with Crippen LogP contribution in [-0.4, -0.2) is 16.0 Å². The zero-order valence-electron chi connectivity index (χ0n) is 21.8. The largest absolute Gasteiger partial charge is 0.507 e. The molecule has 1 aliphatic rings. The van der Waals surface area contributed by atoms with Gasteiger partial charge in [0.1, 0.15) is 28.9 Å². The summed E-state index contributed by atoms with van der Waals surface area (Å²) >= 11 is 0. The van der Waals surface area contributed by atoms with Gasteiger partial charge in [-0.25, -0.2) is 0 Å². The highest BCUT2D eigenvalue weighted by molar-refractivity contribution is 6.04. The number of phenols is 2. The molecule has 0 saturated carbocycles. The van der Waals surface area contributed by atoms with Gasteiger partial charge >= 0.3 is 0 Å². The van der Waals surface area contributed by atoms with Gasteiger partial charge in [0.25, 0.3) is 0 Å². The topological polar surface area (TPSA) is 66.8 Å². The quantitative estimate of drug-likeness (QED) is 0.309. The van der Waals surface area contributed by atoms with E-state index in [2.05, 4.69) is 24.3 Å². The van der Waals surface area contributed by atoms with E-state index in [1.54, 1.807) is 0 Å². The maximum absolute atomic E-state index is 13.5. The lowest BCUT2D eigenvalue weighted by Crippen LogP contribution is -2.22. The Morgan fingerprint density at radius 2 is 1.32 bits per heavy atom. The maximum atomic E-state index is 13.5. The number of carbonyl (C=O) groups is 1. The van der Waals surface area contributed by atoms with Gasteiger partial charge in [-0.3, -0.25) is 4.79 Å². The lowest BCUT2D eigenvalue weighted by molar-refractivity contribution is 0.0842. The number of hydrogen-bond donors (Lipinski definition) is 2. The van der Waals surface area contributed by atoms with Gasteiger partial charge in [-0.05, 0) is 55.5 Å². The second-order valence-corrected chi connectivity index (χ2v) is 10.2. The smallest absolute Gasteiger partial charge is 0.174 e. The molecule has 5 rings (SSSR count). The Kier molecular flexibility index (Phi) is 6.51. The Morgan fingerprint density at radius 1 is 0.757 bits per heavy atom. The third-order valence-electron chi connectivity index (χ3n) is 7.42. The van der Waals surface area contributed by atoms with Crippen molar-refractivity contribution in [3.8, 4) is 17.2 Å². The van der Waals surface area contributed by atoms with Crippen molar-refractivity contribution in [1.29, 1.82) is 0 Å². The number of phenolic OH excluding ortho intramolecular Hbond substituents is 2. The number of carbonyl (C=O) groups excluding carboxylic acids is 1. The van der Waals surface area contributed by atoms with E-state index in [1.807, 2.05) is 70.2 Å². The van der Waals surface area contributed by atoms with Crippen LogP contribution in [0.1, 0.15) is 73.0 Å². The molecule has 4 aromatic carbocycles. The van der Waals surface area contributed by atoms with Crippen LogP contribution < -0.4 is 4.74 Å². The van der Waals surface area contributed by atoms with Crippen molar-refractivity contribution >= 4 is 5.78 Å². The first-order chi connectivity index (χ1) is 17.7. The minimum atomic E-state index is -0.484. The first kappa shape index (κ1) is 24.6. The highest BCUT2D eigenvalue weighted by Crippen LogP contribution is 2.49. The van der Waals surface area contributed by atoms with Crippen LogP contribution in [0.2, 0.25) is 0 Å². The summed E-state index contributed by atoms with van der Waals surface area (Å²) in [5, 5.41) is 23.1. The Bertz CT molecular complexity index is 1500. The molecule has 0 amide bonds. The number of ketones is 1. The predicted molar refractivity (Wildman–Crippen MR) is 146 cm³/mol. The molecule has 0 bridgehead atoms. The molecule has 0 aliphatic carbocycles. The van der Waals surface area contributed by atoms with Crippen molar-refractivity contribution < 1.29 is 19.7 Å². The Labute approximate surface area is 218 Å². The molecule has 1 atom stereocenters. The van der Waals surface area contributed by atoms with Crippen molar-refractivity contribution in [2.75, 3.05) is 0 Å². The zero-order valence-corrected chi connectivity index (χ0v) is 21.8. The summed E-state index contributed by atoms with van der Waals surface area (Å²) in [6.07, 6.45) is 0.341. The Balaban J connectivity index is 1.70. The number of benzene rings is 4. The molecule has 37 heavy (non-hydrogen) atoms. The fourth-order valence-electron chi connectivity index (χ4n) is 5.20. The summed E-state index contributed by atoms with van der Waals surface area (Å²) in [7, 11) is 0. The highest BCUT2D eigenvalue weighted by atomic mass is 16.5. The molecule has 4 heteroatoms. The molecule has 188 valence electrons. The second-order valence-electron chi connectivity index (χ2n) is 10.2. The molecule has 1 heterocycles. The van der Waals surface area contributed by atoms with Gasteiger partial charge in [0.15, 0.2) is 5.78 Å². The average Bonchev–Trinajstić information content (AvgIpc) is 2.88. The van der Waals surface area contributed by atoms with E-state index >= 15 is 0 Å². The fourth-order valence-corrected chi connectivity index (χ4v) is 5.20. The molecule has 4 nitrogen and oxygen atoms in total. The Hall–Kier alpha value is -4.05. The van der Waals surface area contributed by atoms with Crippen molar-refractivity contribution in [3.63, 3.8) is 0 Å². The normalized spacial score (nSPS) is 14.8. The van der Waals surface area contributed by atoms with E-state index in [0.717, 1.165) is 38.9 Å². The number of Topliss-reactive ketones (excluding diaryl/α,β-unsaturated/α-hetero) is 1. The van der Waals surface area contributed by atoms with Crippen LogP contribution in [0.3, 0.4) is 0 Å². The van der Waals surface area contributed by atoms with E-state index in [-0.39, 0.29) is 35.0 Å². The summed E-state index contributed by atoms with van der Waals surface area (Å²) in [4.78, 5) is 13.5. The summed E-state index contributed by atoms with van der Waals surface area (Å²) < 4.78 is 6.43. The SMILES string of the molecule is Cc1ccc(C)c(Cc2c(O)c(Cc3cc(C)ccc3C)c3c(c2O)C(=O)CC(c2ccccc2)O3)c1. The first-order valence-electron chi connectivity index (χ1n) is 12.7. The lowest BCUT2D eigenvalue weighted by Gasteiger charge is -2.30. The summed E-state index contributed by atoms with van der Waals surface area (Å²) in [6.45, 7) is 8.10. The maximum Gasteiger partial charge on any atom is 0.174 e. The van der Waals surface area contributed by atoms with Crippen LogP contribution >= 0.6 is 0 Å². The second kappa shape index (κ2) is 9.78. The third-order valence-corrected chi connectivity index (χ3v) is 7.42. The van der Waals surface area contributed by atoms with E-state index < -0.39 is 6.10 Å². The fraction of sp³-hybridized carbons (Fsp3) is 0.242. The summed E-state index contributed by atoms with van der Waals surface area (Å²) in [5.41, 5.74) is 8.35. The van der Waals surface area contributed by atoms with Crippen molar-refractivity contribution in [2.24, 2.45) is 0 Å². The highest BCUT2D eigenvalue weighted by Gasteiger charge is 2.36. The van der Waals surface area contributed by atoms with Gasteiger partial charge in [-0.1, -0.05) is 77.9 Å². The summed E-state index contributed by atoms with van der Waals surface area (Å²) in [5.74, 6) is -0.100. The molecular formula is C33H32O4. The number of fused-ring (bicyclic) bond motifs is 1. The van der Waals surface area contributed by atoms with Crippen LogP contribution in [0, 0.1) is 27.7 Å². The number of aromatic hydroxyl groups is 2. The molecule has 0 fully saturated rings. The molecule has 1 unspecified atom stereocenters. The standard InChI is InChI=1S/C33H32O4/c1-19-10-12-21(3)24(14-19)16-26-31(35)27(17-25-15-20(2)11-13-22(25)4)33-30(32(26)36)28(34)18-29(37-33)23-8-6-5-7-9-23/h5-15,29,35-36H,16-18H2,1-4H3. The number of hydrogen-bond acceptors (Lipinski definition) is 4. The minimum absolute atomic E-state index is 0.0143. The summed E-state index contributed by atoms with van der Waals surface area (Å²) in [6, 6.07) is 22.0. The molecule has 0 radical (unpaired) electrons. The van der Waals surface area contributed by atoms with Crippen molar-refractivity contribution in [1.82, 2.24) is 0 Å². The average molecular weight is 493 g/mol. The number of ether oxygens (including phenoxy) is 1. The monoisotopic (exact) mass is 492 g/mol. The van der Waals surface area contributed by atoms with Crippen molar-refractivity contribution in [2.45, 2.75) is 53.1 Å². The molecule has 0 spiro atoms. The Morgan fingerprint density at radius 3 is 1.92 bits per heavy atom. The van der Waals surface area contributed by atoms with E-state index in [1.165, 1.54) is 0 Å². The van der Waals surface area contributed by atoms with Crippen LogP contribution in [0.5, 0.6) is 17.2 Å². The van der Waals surface area contributed by atoms with E-state index in [4.69, 9.17) is 4.74 Å². The van der Waals surface area contributed by atoms with E-state index in [9.17, 15) is 15.0 Å². The van der Waals surface area contributed by atoms with Gasteiger partial charge in [0.05, 0.1) is 6.42 Å². The lowest BCUT2D eigenvalue weighted by atomic mass is 9.86. The number of aryl methyl sites for hydroxylation is 4. The van der Waals surface area contributed by atoms with Gasteiger partial charge in [0, 0.05) is 24.0 Å². The van der Waals surface area contributed by atoms with Gasteiger partial charge in [-0.2, -0.15) is 0 Å². The zero-order chi connectivity index (χ0) is 26.3. The van der Waals surface area contributed by atoms with Crippen molar-refractivity contribution in [3.05, 3.63) is 122 Å². The predicted octanol–water partition coefficient (Wildman–Crippen LogP) is 7.22.